The standard InChI is InChI=1S/C11H10N2O2/c12-7-8-2-1-3-9(6-8)13-5-4-10(14)11(13)15/h1-3,6,10,14H,4-5H2. The minimum Gasteiger partial charge on any atom is -0.383 e. The number of benzene rings is 1. The fourth-order valence-electron chi connectivity index (χ4n) is 1.66. The van der Waals surface area contributed by atoms with Crippen LogP contribution in [0.1, 0.15) is 12.0 Å². The van der Waals surface area contributed by atoms with Crippen molar-refractivity contribution in [2.45, 2.75) is 12.5 Å². The highest BCUT2D eigenvalue weighted by Gasteiger charge is 2.30. The van der Waals surface area contributed by atoms with Gasteiger partial charge < -0.3 is 10.0 Å². The molecule has 1 aliphatic heterocycles. The minimum atomic E-state index is -0.893. The Labute approximate surface area is 87.4 Å². The van der Waals surface area contributed by atoms with Gasteiger partial charge in [-0.15, -0.1) is 0 Å². The molecule has 2 rings (SSSR count). The zero-order valence-electron chi connectivity index (χ0n) is 8.05. The number of anilines is 1. The van der Waals surface area contributed by atoms with Gasteiger partial charge in [0.25, 0.3) is 5.91 Å². The van der Waals surface area contributed by atoms with Crippen molar-refractivity contribution >= 4 is 11.6 Å². The van der Waals surface area contributed by atoms with Gasteiger partial charge in [-0.25, -0.2) is 0 Å². The molecule has 0 aliphatic carbocycles. The van der Waals surface area contributed by atoms with Gasteiger partial charge in [-0.2, -0.15) is 5.26 Å². The second kappa shape index (κ2) is 3.71. The first-order valence-electron chi connectivity index (χ1n) is 4.72. The lowest BCUT2D eigenvalue weighted by Crippen LogP contribution is -2.29. The Morgan fingerprint density at radius 3 is 2.93 bits per heavy atom. The van der Waals surface area contributed by atoms with Crippen LogP contribution >= 0.6 is 0 Å². The fraction of sp³-hybridized carbons (Fsp3) is 0.273. The van der Waals surface area contributed by atoms with Crippen LogP contribution in [0.4, 0.5) is 5.69 Å². The highest BCUT2D eigenvalue weighted by molar-refractivity contribution is 5.98. The number of carbonyl (C=O) groups excluding carboxylic acids is 1. The largest absolute Gasteiger partial charge is 0.383 e. The number of carbonyl (C=O) groups is 1. The summed E-state index contributed by atoms with van der Waals surface area (Å²) in [5, 5.41) is 18.0. The summed E-state index contributed by atoms with van der Waals surface area (Å²) in [4.78, 5) is 13.0. The average molecular weight is 202 g/mol. The summed E-state index contributed by atoms with van der Waals surface area (Å²) in [6.07, 6.45) is -0.439. The summed E-state index contributed by atoms with van der Waals surface area (Å²) in [7, 11) is 0. The Balaban J connectivity index is 2.31. The van der Waals surface area contributed by atoms with E-state index in [1.165, 1.54) is 4.90 Å². The van der Waals surface area contributed by atoms with Crippen LogP contribution < -0.4 is 4.90 Å². The fourth-order valence-corrected chi connectivity index (χ4v) is 1.66. The smallest absolute Gasteiger partial charge is 0.255 e. The molecule has 1 saturated heterocycles. The normalized spacial score (nSPS) is 20.4. The Morgan fingerprint density at radius 1 is 1.53 bits per heavy atom. The highest BCUT2D eigenvalue weighted by Crippen LogP contribution is 2.22. The number of hydrogen-bond acceptors (Lipinski definition) is 3. The summed E-state index contributed by atoms with van der Waals surface area (Å²) >= 11 is 0. The van der Waals surface area contributed by atoms with E-state index in [0.29, 0.717) is 24.2 Å². The van der Waals surface area contributed by atoms with Gasteiger partial charge in [0.2, 0.25) is 0 Å². The van der Waals surface area contributed by atoms with Crippen molar-refractivity contribution in [2.75, 3.05) is 11.4 Å². The van der Waals surface area contributed by atoms with E-state index in [-0.39, 0.29) is 5.91 Å². The molecule has 4 nitrogen and oxygen atoms in total. The van der Waals surface area contributed by atoms with Gasteiger partial charge in [-0.1, -0.05) is 6.07 Å². The van der Waals surface area contributed by atoms with Crippen molar-refractivity contribution in [3.8, 4) is 6.07 Å². The lowest BCUT2D eigenvalue weighted by Gasteiger charge is -2.15. The monoisotopic (exact) mass is 202 g/mol. The maximum absolute atomic E-state index is 11.5. The average Bonchev–Trinajstić information content (AvgIpc) is 2.60. The maximum Gasteiger partial charge on any atom is 0.255 e. The molecule has 1 N–H and O–H groups in total. The first-order valence-corrected chi connectivity index (χ1v) is 4.72. The molecule has 0 radical (unpaired) electrons. The van der Waals surface area contributed by atoms with Crippen molar-refractivity contribution in [1.82, 2.24) is 0 Å². The maximum atomic E-state index is 11.5. The molecular formula is C11H10N2O2. The van der Waals surface area contributed by atoms with Gasteiger partial charge in [0.15, 0.2) is 0 Å². The van der Waals surface area contributed by atoms with E-state index in [0.717, 1.165) is 0 Å². The van der Waals surface area contributed by atoms with Crippen molar-refractivity contribution in [3.63, 3.8) is 0 Å². The molecule has 1 aliphatic rings. The SMILES string of the molecule is N#Cc1cccc(N2CCC(O)C2=O)c1. The summed E-state index contributed by atoms with van der Waals surface area (Å²) in [5.74, 6) is -0.287. The van der Waals surface area contributed by atoms with Crippen molar-refractivity contribution in [2.24, 2.45) is 0 Å². The molecule has 1 aromatic carbocycles. The molecule has 0 aromatic heterocycles. The van der Waals surface area contributed by atoms with Crippen molar-refractivity contribution in [3.05, 3.63) is 29.8 Å². The first kappa shape index (κ1) is 9.69. The Morgan fingerprint density at radius 2 is 2.33 bits per heavy atom. The number of nitriles is 1. The summed E-state index contributed by atoms with van der Waals surface area (Å²) in [6.45, 7) is 0.509. The van der Waals surface area contributed by atoms with Crippen molar-refractivity contribution in [1.29, 1.82) is 5.26 Å². The third kappa shape index (κ3) is 1.69. The van der Waals surface area contributed by atoms with Crippen LogP contribution in [-0.2, 0) is 4.79 Å². The number of hydrogen-bond donors (Lipinski definition) is 1. The third-order valence-corrected chi connectivity index (χ3v) is 2.46. The van der Waals surface area contributed by atoms with Crippen LogP contribution in [0.2, 0.25) is 0 Å². The number of amides is 1. The number of aliphatic hydroxyl groups excluding tert-OH is 1. The summed E-state index contributed by atoms with van der Waals surface area (Å²) < 4.78 is 0. The molecule has 1 heterocycles. The van der Waals surface area contributed by atoms with Gasteiger partial charge in [0.1, 0.15) is 6.10 Å². The van der Waals surface area contributed by atoms with E-state index in [9.17, 15) is 9.90 Å². The number of aliphatic hydroxyl groups is 1. The van der Waals surface area contributed by atoms with Crippen LogP contribution in [0.3, 0.4) is 0 Å². The second-order valence-corrected chi connectivity index (χ2v) is 3.46. The molecule has 1 unspecified atom stereocenters. The molecule has 0 saturated carbocycles. The molecule has 1 aromatic rings. The van der Waals surface area contributed by atoms with Gasteiger partial charge in [-0.05, 0) is 18.2 Å². The van der Waals surface area contributed by atoms with E-state index in [1.54, 1.807) is 24.3 Å². The van der Waals surface area contributed by atoms with Gasteiger partial charge in [0.05, 0.1) is 11.6 Å². The van der Waals surface area contributed by atoms with Gasteiger partial charge >= 0.3 is 0 Å². The van der Waals surface area contributed by atoms with E-state index in [4.69, 9.17) is 5.26 Å². The molecule has 0 bridgehead atoms. The van der Waals surface area contributed by atoms with Crippen LogP contribution in [0.5, 0.6) is 0 Å². The van der Waals surface area contributed by atoms with Gasteiger partial charge in [-0.3, -0.25) is 4.79 Å². The highest BCUT2D eigenvalue weighted by atomic mass is 16.3. The third-order valence-electron chi connectivity index (χ3n) is 2.46. The second-order valence-electron chi connectivity index (χ2n) is 3.46. The summed E-state index contributed by atoms with van der Waals surface area (Å²) in [6, 6.07) is 8.83. The lowest BCUT2D eigenvalue weighted by atomic mass is 10.2. The molecule has 1 amide bonds. The molecule has 0 spiro atoms. The summed E-state index contributed by atoms with van der Waals surface area (Å²) in [5.41, 5.74) is 1.19. The lowest BCUT2D eigenvalue weighted by molar-refractivity contribution is -0.123. The number of nitrogens with zero attached hydrogens (tertiary/aromatic N) is 2. The Bertz CT molecular complexity index is 436. The van der Waals surface area contributed by atoms with E-state index < -0.39 is 6.10 Å². The molecule has 1 atom stereocenters. The van der Waals surface area contributed by atoms with E-state index in [2.05, 4.69) is 0 Å². The molecule has 1 fully saturated rings. The topological polar surface area (TPSA) is 64.3 Å². The predicted octanol–water partition coefficient (Wildman–Crippen LogP) is 0.656. The van der Waals surface area contributed by atoms with Gasteiger partial charge in [0, 0.05) is 18.7 Å². The zero-order valence-corrected chi connectivity index (χ0v) is 8.05. The quantitative estimate of drug-likeness (QED) is 0.727. The number of rotatable bonds is 1. The van der Waals surface area contributed by atoms with E-state index in [1.807, 2.05) is 6.07 Å². The minimum absolute atomic E-state index is 0.287. The molecular weight excluding hydrogens is 192 g/mol. The van der Waals surface area contributed by atoms with Crippen molar-refractivity contribution < 1.29 is 9.90 Å². The Hall–Kier alpha value is -1.86. The molecule has 4 heteroatoms. The Kier molecular flexibility index (Phi) is 2.40. The molecule has 15 heavy (non-hydrogen) atoms. The molecule has 76 valence electrons. The zero-order chi connectivity index (χ0) is 10.8. The van der Waals surface area contributed by atoms with Crippen LogP contribution in [0, 0.1) is 11.3 Å². The predicted molar refractivity (Wildman–Crippen MR) is 54.1 cm³/mol. The van der Waals surface area contributed by atoms with Crippen LogP contribution in [-0.4, -0.2) is 23.7 Å². The van der Waals surface area contributed by atoms with Crippen LogP contribution in [0.15, 0.2) is 24.3 Å². The first-order chi connectivity index (χ1) is 7.22. The van der Waals surface area contributed by atoms with E-state index >= 15 is 0 Å². The van der Waals surface area contributed by atoms with Crippen LogP contribution in [0.25, 0.3) is 0 Å².